The molecule has 0 saturated carbocycles. The number of aromatic nitrogens is 4. The van der Waals surface area contributed by atoms with Crippen LogP contribution in [0, 0.1) is 0 Å². The highest BCUT2D eigenvalue weighted by molar-refractivity contribution is 8.18. The number of piperazine rings is 1. The molecule has 6 heterocycles. The fourth-order valence-corrected chi connectivity index (χ4v) is 10.4. The molecule has 0 spiro atoms. The molecule has 6 aromatic rings. The molecule has 0 bridgehead atoms. The topological polar surface area (TPSA) is 145 Å². The molecule has 2 aromatic heterocycles. The number of aliphatic hydroxyl groups excluding tert-OH is 1. The van der Waals surface area contributed by atoms with Crippen LogP contribution in [0.1, 0.15) is 66.6 Å². The highest BCUT2D eigenvalue weighted by Crippen LogP contribution is 2.39. The van der Waals surface area contributed by atoms with E-state index in [2.05, 4.69) is 30.8 Å². The number of carbonyl (C=O) groups excluding carboxylic acids is 2. The molecule has 4 aromatic carbocycles. The van der Waals surface area contributed by atoms with Crippen molar-refractivity contribution in [2.45, 2.75) is 65.4 Å². The van der Waals surface area contributed by atoms with Crippen molar-refractivity contribution in [3.8, 4) is 0 Å². The van der Waals surface area contributed by atoms with Gasteiger partial charge >= 0.3 is 18.5 Å². The summed E-state index contributed by atoms with van der Waals surface area (Å²) in [5, 5.41) is 27.4. The van der Waals surface area contributed by atoms with E-state index in [0.29, 0.717) is 74.4 Å². The maximum absolute atomic E-state index is 13.5. The molecule has 410 valence electrons. The summed E-state index contributed by atoms with van der Waals surface area (Å²) in [6.45, 7) is 12.9. The van der Waals surface area contributed by atoms with Crippen molar-refractivity contribution < 1.29 is 54.2 Å². The van der Waals surface area contributed by atoms with Gasteiger partial charge in [0, 0.05) is 68.2 Å². The zero-order chi connectivity index (χ0) is 55.8. The number of aliphatic imine (C=N–C) groups is 2. The number of thioether (sulfide) groups is 2. The predicted octanol–water partition coefficient (Wildman–Crippen LogP) is 11.0. The second-order valence-corrected chi connectivity index (χ2v) is 19.5. The van der Waals surface area contributed by atoms with Gasteiger partial charge in [0.05, 0.1) is 69.1 Å². The van der Waals surface area contributed by atoms with Crippen LogP contribution in [-0.4, -0.2) is 115 Å². The summed E-state index contributed by atoms with van der Waals surface area (Å²) in [7, 11) is 0. The first-order chi connectivity index (χ1) is 36.7. The second-order valence-electron chi connectivity index (χ2n) is 17.1. The van der Waals surface area contributed by atoms with Crippen molar-refractivity contribution >= 4 is 91.2 Å². The van der Waals surface area contributed by atoms with Gasteiger partial charge in [0.15, 0.2) is 10.3 Å². The smallest absolute Gasteiger partial charge is 0.390 e. The Kier molecular flexibility index (Phi) is 19.1. The SMILES string of the molecule is CC.CC.O=C1N=C(N2CCNCC(O)C2)S/C1=C\c1ccc2c(cnn2Cc2ccc(Cl)cc2C(F)(F)F)c1.O=C1N=C(N2CCNCC2)S/C1=C\c1ccc2c(cnn2Cc2ccc(C(F)(F)F)cc2C(F)(F)F)c1. The van der Waals surface area contributed by atoms with Gasteiger partial charge in [-0.1, -0.05) is 63.6 Å². The average molecular weight is 1140 g/mol. The molecule has 0 radical (unpaired) electrons. The number of β-amino-alcohol motifs (C(OH)–C–C–N with tert-alkyl or cyclic N) is 1. The van der Waals surface area contributed by atoms with Crippen LogP contribution >= 0.6 is 35.1 Å². The highest BCUT2D eigenvalue weighted by atomic mass is 35.5. The van der Waals surface area contributed by atoms with E-state index in [1.54, 1.807) is 48.7 Å². The van der Waals surface area contributed by atoms with E-state index < -0.39 is 41.3 Å². The van der Waals surface area contributed by atoms with Crippen LogP contribution in [0.3, 0.4) is 0 Å². The first kappa shape index (κ1) is 58.5. The third-order valence-corrected chi connectivity index (χ3v) is 14.3. The lowest BCUT2D eigenvalue weighted by atomic mass is 10.0. The van der Waals surface area contributed by atoms with Crippen LogP contribution in [0.5, 0.6) is 0 Å². The van der Waals surface area contributed by atoms with Gasteiger partial charge in [-0.25, -0.2) is 0 Å². The third-order valence-electron chi connectivity index (χ3n) is 11.9. The lowest BCUT2D eigenvalue weighted by Crippen LogP contribution is -2.45. The number of amides is 2. The Labute approximate surface area is 450 Å². The number of nitrogens with zero attached hydrogens (tertiary/aromatic N) is 8. The van der Waals surface area contributed by atoms with Crippen LogP contribution < -0.4 is 10.6 Å². The van der Waals surface area contributed by atoms with Crippen molar-refractivity contribution in [1.82, 2.24) is 40.0 Å². The molecular formula is C52H52ClF9N10O3S2. The molecule has 3 N–H and O–H groups in total. The van der Waals surface area contributed by atoms with E-state index in [9.17, 15) is 54.2 Å². The Morgan fingerprint density at radius 2 is 1.09 bits per heavy atom. The third kappa shape index (κ3) is 14.5. The molecule has 4 aliphatic rings. The number of fused-ring (bicyclic) bond motifs is 2. The number of hydrogen-bond donors (Lipinski definition) is 3. The van der Waals surface area contributed by atoms with Gasteiger partial charge in [0.25, 0.3) is 11.8 Å². The lowest BCUT2D eigenvalue weighted by molar-refractivity contribution is -0.143. The van der Waals surface area contributed by atoms with Crippen molar-refractivity contribution in [2.24, 2.45) is 9.98 Å². The van der Waals surface area contributed by atoms with Crippen molar-refractivity contribution in [1.29, 1.82) is 0 Å². The number of aliphatic hydroxyl groups is 1. The van der Waals surface area contributed by atoms with Gasteiger partial charge in [-0.05, 0) is 106 Å². The van der Waals surface area contributed by atoms with Crippen LogP contribution in [0.4, 0.5) is 39.5 Å². The number of rotatable bonds is 6. The molecule has 2 fully saturated rings. The number of alkyl halides is 9. The van der Waals surface area contributed by atoms with Gasteiger partial charge in [-0.3, -0.25) is 19.0 Å². The van der Waals surface area contributed by atoms with Crippen molar-refractivity contribution in [2.75, 3.05) is 52.4 Å². The molecular weight excluding hydrogens is 1080 g/mol. The molecule has 1 unspecified atom stereocenters. The van der Waals surface area contributed by atoms with Crippen molar-refractivity contribution in [3.05, 3.63) is 139 Å². The highest BCUT2D eigenvalue weighted by Gasteiger charge is 2.39. The van der Waals surface area contributed by atoms with E-state index in [-0.39, 0.29) is 47.1 Å². The number of amidine groups is 2. The van der Waals surface area contributed by atoms with E-state index in [4.69, 9.17) is 11.6 Å². The van der Waals surface area contributed by atoms with Crippen molar-refractivity contribution in [3.63, 3.8) is 0 Å². The van der Waals surface area contributed by atoms with E-state index in [0.717, 1.165) is 49.3 Å². The maximum atomic E-state index is 13.5. The predicted molar refractivity (Wildman–Crippen MR) is 284 cm³/mol. The van der Waals surface area contributed by atoms with Gasteiger partial charge in [0.2, 0.25) is 0 Å². The molecule has 13 nitrogen and oxygen atoms in total. The molecule has 25 heteroatoms. The Morgan fingerprint density at radius 3 is 1.60 bits per heavy atom. The minimum absolute atomic E-state index is 0.0178. The number of nitrogens with one attached hydrogen (secondary N) is 2. The quantitative estimate of drug-likeness (QED) is 0.108. The Morgan fingerprint density at radius 1 is 0.623 bits per heavy atom. The molecule has 10 rings (SSSR count). The summed E-state index contributed by atoms with van der Waals surface area (Å²) in [6, 6.07) is 15.7. The molecule has 4 aliphatic heterocycles. The van der Waals surface area contributed by atoms with E-state index in [1.807, 2.05) is 43.6 Å². The normalized spacial score (nSPS) is 18.4. The summed E-state index contributed by atoms with van der Waals surface area (Å²) in [5.41, 5.74) is -1.19. The summed E-state index contributed by atoms with van der Waals surface area (Å²) < 4.78 is 123. The first-order valence-electron chi connectivity index (χ1n) is 24.3. The van der Waals surface area contributed by atoms with Crippen LogP contribution in [0.2, 0.25) is 5.02 Å². The zero-order valence-electron chi connectivity index (χ0n) is 41.8. The monoisotopic (exact) mass is 1130 g/mol. The Balaban J connectivity index is 0.000000210. The minimum atomic E-state index is -4.96. The summed E-state index contributed by atoms with van der Waals surface area (Å²) in [6.07, 6.45) is -8.46. The molecule has 1 atom stereocenters. The number of carbonyl (C=O) groups is 2. The lowest BCUT2D eigenvalue weighted by Gasteiger charge is -2.27. The number of halogens is 10. The molecule has 77 heavy (non-hydrogen) atoms. The van der Waals surface area contributed by atoms with E-state index >= 15 is 0 Å². The Hall–Kier alpha value is -6.18. The Bertz CT molecular complexity index is 3240. The summed E-state index contributed by atoms with van der Waals surface area (Å²) in [5.74, 6) is -0.684. The zero-order valence-corrected chi connectivity index (χ0v) is 44.2. The fraction of sp³-hybridized carbons (Fsp3) is 0.346. The van der Waals surface area contributed by atoms with Gasteiger partial charge in [-0.2, -0.15) is 59.7 Å². The average Bonchev–Trinajstić information content (AvgIpc) is 4.16. The molecule has 2 amide bonds. The summed E-state index contributed by atoms with van der Waals surface area (Å²) in [4.78, 5) is 38.1. The molecule has 2 saturated heterocycles. The van der Waals surface area contributed by atoms with Crippen LogP contribution in [0.25, 0.3) is 34.0 Å². The van der Waals surface area contributed by atoms with Gasteiger partial charge in [-0.15, -0.1) is 0 Å². The van der Waals surface area contributed by atoms with E-state index in [1.165, 1.54) is 51.2 Å². The standard InChI is InChI=1S/C24H21ClF3N5O2S.C24H19F6N5OS.2C2H6/c25-17-3-2-15(19(9-17)24(26,27)28)12-33-20-4-1-14(7-16(20)10-30-33)8-21-22(35)31-23(36-21)32-6-5-29-11-18(34)13-32;25-23(26,27)17-3-2-15(18(11-17)24(28,29)30)13-35-19-4-1-14(9-16(19)12-32-35)10-20-21(36)33-22(37-20)34-7-5-31-6-8-34;2*1-2/h1-4,7-10,18,29,34H,5-6,11-13H2;1-4,9-12,31H,5-8,13H2;2*1-2H3/b21-8-;20-10-;;. The minimum Gasteiger partial charge on any atom is -0.390 e. The van der Waals surface area contributed by atoms with Crippen LogP contribution in [-0.2, 0) is 41.2 Å². The second kappa shape index (κ2) is 25.1. The maximum Gasteiger partial charge on any atom is 0.416 e. The summed E-state index contributed by atoms with van der Waals surface area (Å²) >= 11 is 8.34. The number of benzene rings is 4. The fourth-order valence-electron chi connectivity index (χ4n) is 8.36. The number of hydrogen-bond acceptors (Lipinski definition) is 11. The first-order valence-corrected chi connectivity index (χ1v) is 26.4. The largest absolute Gasteiger partial charge is 0.416 e. The molecule has 0 aliphatic carbocycles. The van der Waals surface area contributed by atoms with Gasteiger partial charge < -0.3 is 25.5 Å². The van der Waals surface area contributed by atoms with Gasteiger partial charge in [0.1, 0.15) is 0 Å². The van der Waals surface area contributed by atoms with Crippen LogP contribution in [0.15, 0.2) is 105 Å².